The first-order valence-electron chi connectivity index (χ1n) is 10.6. The number of piperazine rings is 1. The third-order valence-electron chi connectivity index (χ3n) is 5.09. The summed E-state index contributed by atoms with van der Waals surface area (Å²) in [6.07, 6.45) is 0.401. The van der Waals surface area contributed by atoms with E-state index in [-0.39, 0.29) is 35.7 Å². The molecule has 1 aliphatic rings. The lowest BCUT2D eigenvalue weighted by Crippen LogP contribution is -2.49. The quantitative estimate of drug-likeness (QED) is 0.227. The number of hydrogen-bond donors (Lipinski definition) is 2. The molecular weight excluding hydrogens is 524 g/mol. The van der Waals surface area contributed by atoms with Gasteiger partial charge in [0.25, 0.3) is 0 Å². The Morgan fingerprint density at radius 2 is 1.66 bits per heavy atom. The molecule has 0 saturated carbocycles. The Morgan fingerprint density at radius 3 is 2.31 bits per heavy atom. The minimum absolute atomic E-state index is 0. The van der Waals surface area contributed by atoms with Crippen molar-refractivity contribution in [1.29, 1.82) is 0 Å². The Labute approximate surface area is 206 Å². The third kappa shape index (κ3) is 8.18. The van der Waals surface area contributed by atoms with Gasteiger partial charge in [0.05, 0.1) is 6.54 Å². The SMILES string of the molecule is CN=C(NCCOc1ccccc1)NCCC(=O)N1CCN(c2ccc(F)cc2)CC1.I. The van der Waals surface area contributed by atoms with E-state index in [2.05, 4.69) is 20.5 Å². The lowest BCUT2D eigenvalue weighted by molar-refractivity contribution is -0.131. The average molecular weight is 555 g/mol. The number of hydrogen-bond acceptors (Lipinski definition) is 4. The Kier molecular flexibility index (Phi) is 11.1. The molecule has 0 atom stereocenters. The summed E-state index contributed by atoms with van der Waals surface area (Å²) in [6.45, 7) is 4.46. The van der Waals surface area contributed by atoms with Crippen LogP contribution in [0.25, 0.3) is 0 Å². The van der Waals surface area contributed by atoms with E-state index in [0.717, 1.165) is 24.5 Å². The topological polar surface area (TPSA) is 69.2 Å². The zero-order chi connectivity index (χ0) is 21.9. The van der Waals surface area contributed by atoms with Crippen molar-refractivity contribution in [1.82, 2.24) is 15.5 Å². The van der Waals surface area contributed by atoms with E-state index in [4.69, 9.17) is 4.74 Å². The zero-order valence-corrected chi connectivity index (χ0v) is 20.6. The van der Waals surface area contributed by atoms with Crippen LogP contribution in [0.4, 0.5) is 10.1 Å². The summed E-state index contributed by atoms with van der Waals surface area (Å²) in [5, 5.41) is 6.34. The summed E-state index contributed by atoms with van der Waals surface area (Å²) in [6, 6.07) is 16.1. The van der Waals surface area contributed by atoms with Crippen molar-refractivity contribution in [2.24, 2.45) is 4.99 Å². The Bertz CT molecular complexity index is 843. The summed E-state index contributed by atoms with van der Waals surface area (Å²) in [4.78, 5) is 20.7. The molecule has 2 aromatic rings. The predicted molar refractivity (Wildman–Crippen MR) is 137 cm³/mol. The Balaban J connectivity index is 0.00000363. The smallest absolute Gasteiger partial charge is 0.224 e. The Morgan fingerprint density at radius 1 is 1.00 bits per heavy atom. The summed E-state index contributed by atoms with van der Waals surface area (Å²) in [5.74, 6) is 1.36. The number of para-hydroxylation sites is 1. The van der Waals surface area contributed by atoms with Crippen molar-refractivity contribution in [3.8, 4) is 5.75 Å². The number of nitrogens with one attached hydrogen (secondary N) is 2. The summed E-state index contributed by atoms with van der Waals surface area (Å²) in [7, 11) is 1.70. The molecule has 1 fully saturated rings. The molecule has 0 bridgehead atoms. The second-order valence-electron chi connectivity index (χ2n) is 7.18. The maximum atomic E-state index is 13.1. The number of carbonyl (C=O) groups excluding carboxylic acids is 1. The predicted octanol–water partition coefficient (Wildman–Crippen LogP) is 2.73. The molecule has 1 heterocycles. The number of carbonyl (C=O) groups is 1. The fraction of sp³-hybridized carbons (Fsp3) is 0.391. The van der Waals surface area contributed by atoms with E-state index >= 15 is 0 Å². The first-order chi connectivity index (χ1) is 15.2. The zero-order valence-electron chi connectivity index (χ0n) is 18.3. The molecule has 32 heavy (non-hydrogen) atoms. The number of ether oxygens (including phenoxy) is 1. The van der Waals surface area contributed by atoms with Gasteiger partial charge in [0.2, 0.25) is 5.91 Å². The van der Waals surface area contributed by atoms with Crippen LogP contribution in [-0.2, 0) is 4.79 Å². The highest BCUT2D eigenvalue weighted by Gasteiger charge is 2.21. The van der Waals surface area contributed by atoms with Gasteiger partial charge in [-0.15, -0.1) is 24.0 Å². The number of nitrogens with zero attached hydrogens (tertiary/aromatic N) is 3. The van der Waals surface area contributed by atoms with E-state index in [1.807, 2.05) is 35.2 Å². The number of guanidine groups is 1. The lowest BCUT2D eigenvalue weighted by Gasteiger charge is -2.36. The first-order valence-corrected chi connectivity index (χ1v) is 10.6. The van der Waals surface area contributed by atoms with Crippen LogP contribution in [0.2, 0.25) is 0 Å². The molecule has 1 aliphatic heterocycles. The number of halogens is 2. The van der Waals surface area contributed by atoms with Crippen LogP contribution < -0.4 is 20.3 Å². The molecule has 1 amide bonds. The fourth-order valence-electron chi connectivity index (χ4n) is 3.39. The van der Waals surface area contributed by atoms with Crippen molar-refractivity contribution in [3.63, 3.8) is 0 Å². The van der Waals surface area contributed by atoms with E-state index in [9.17, 15) is 9.18 Å². The minimum atomic E-state index is -0.238. The Hall–Kier alpha value is -2.56. The summed E-state index contributed by atoms with van der Waals surface area (Å²) >= 11 is 0. The first kappa shape index (κ1) is 25.7. The molecule has 0 aromatic heterocycles. The van der Waals surface area contributed by atoms with Crippen molar-refractivity contribution >= 4 is 41.5 Å². The van der Waals surface area contributed by atoms with Crippen LogP contribution in [0.5, 0.6) is 5.75 Å². The van der Waals surface area contributed by atoms with Crippen LogP contribution in [-0.4, -0.2) is 69.7 Å². The van der Waals surface area contributed by atoms with E-state index in [0.29, 0.717) is 45.2 Å². The number of anilines is 1. The van der Waals surface area contributed by atoms with Gasteiger partial charge in [0.15, 0.2) is 5.96 Å². The van der Waals surface area contributed by atoms with Gasteiger partial charge < -0.3 is 25.2 Å². The lowest BCUT2D eigenvalue weighted by atomic mass is 10.2. The maximum Gasteiger partial charge on any atom is 0.224 e. The largest absolute Gasteiger partial charge is 0.492 e. The van der Waals surface area contributed by atoms with Gasteiger partial charge in [0, 0.05) is 51.9 Å². The highest BCUT2D eigenvalue weighted by Crippen LogP contribution is 2.17. The summed E-state index contributed by atoms with van der Waals surface area (Å²) in [5.41, 5.74) is 0.987. The molecule has 0 aliphatic carbocycles. The summed E-state index contributed by atoms with van der Waals surface area (Å²) < 4.78 is 18.7. The van der Waals surface area contributed by atoms with E-state index < -0.39 is 0 Å². The second-order valence-corrected chi connectivity index (χ2v) is 7.18. The molecule has 2 aromatic carbocycles. The van der Waals surface area contributed by atoms with Gasteiger partial charge in [-0.25, -0.2) is 4.39 Å². The van der Waals surface area contributed by atoms with E-state index in [1.165, 1.54) is 12.1 Å². The standard InChI is InChI=1S/C23H30FN5O2.HI/c1-25-23(27-13-18-31-21-5-3-2-4-6-21)26-12-11-22(30)29-16-14-28(15-17-29)20-9-7-19(24)8-10-20;/h2-10H,11-18H2,1H3,(H2,25,26,27);1H. The highest BCUT2D eigenvalue weighted by molar-refractivity contribution is 14.0. The molecule has 0 unspecified atom stereocenters. The number of aliphatic imine (C=N–C) groups is 1. The number of rotatable bonds is 8. The van der Waals surface area contributed by atoms with Gasteiger partial charge in [-0.3, -0.25) is 9.79 Å². The normalized spacial score (nSPS) is 13.9. The van der Waals surface area contributed by atoms with Gasteiger partial charge in [-0.2, -0.15) is 0 Å². The van der Waals surface area contributed by atoms with Crippen LogP contribution in [0, 0.1) is 5.82 Å². The second kappa shape index (κ2) is 13.8. The molecule has 0 radical (unpaired) electrons. The molecule has 9 heteroatoms. The van der Waals surface area contributed by atoms with Crippen LogP contribution in [0.15, 0.2) is 59.6 Å². The minimum Gasteiger partial charge on any atom is -0.492 e. The fourth-order valence-corrected chi connectivity index (χ4v) is 3.39. The molecule has 1 saturated heterocycles. The van der Waals surface area contributed by atoms with Crippen LogP contribution in [0.3, 0.4) is 0 Å². The number of amides is 1. The van der Waals surface area contributed by atoms with E-state index in [1.54, 1.807) is 19.2 Å². The van der Waals surface area contributed by atoms with Crippen LogP contribution in [0.1, 0.15) is 6.42 Å². The van der Waals surface area contributed by atoms with Gasteiger partial charge in [-0.1, -0.05) is 18.2 Å². The van der Waals surface area contributed by atoms with Gasteiger partial charge in [-0.05, 0) is 36.4 Å². The highest BCUT2D eigenvalue weighted by atomic mass is 127. The van der Waals surface area contributed by atoms with Crippen molar-refractivity contribution in [3.05, 3.63) is 60.4 Å². The maximum absolute atomic E-state index is 13.1. The molecule has 174 valence electrons. The van der Waals surface area contributed by atoms with Crippen molar-refractivity contribution in [2.45, 2.75) is 6.42 Å². The van der Waals surface area contributed by atoms with Crippen molar-refractivity contribution in [2.75, 3.05) is 57.8 Å². The molecule has 7 nitrogen and oxygen atoms in total. The monoisotopic (exact) mass is 555 g/mol. The van der Waals surface area contributed by atoms with Gasteiger partial charge in [0.1, 0.15) is 18.2 Å². The molecule has 3 rings (SSSR count). The molecule has 0 spiro atoms. The number of benzene rings is 2. The average Bonchev–Trinajstić information content (AvgIpc) is 2.82. The van der Waals surface area contributed by atoms with Crippen LogP contribution >= 0.6 is 24.0 Å². The van der Waals surface area contributed by atoms with Gasteiger partial charge >= 0.3 is 0 Å². The third-order valence-corrected chi connectivity index (χ3v) is 5.09. The molecular formula is C23H31FIN5O2. The molecule has 2 N–H and O–H groups in total. The van der Waals surface area contributed by atoms with Crippen molar-refractivity contribution < 1.29 is 13.9 Å².